The molecule has 0 aromatic rings. The van der Waals surface area contributed by atoms with Crippen molar-refractivity contribution < 1.29 is 44.2 Å². The first-order chi connectivity index (χ1) is 25.4. The van der Waals surface area contributed by atoms with Gasteiger partial charge in [0, 0.05) is 13.0 Å². The van der Waals surface area contributed by atoms with Gasteiger partial charge in [-0.1, -0.05) is 127 Å². The smallest absolute Gasteiger partial charge is 0.306 e. The van der Waals surface area contributed by atoms with Crippen LogP contribution in [0.25, 0.3) is 0 Å². The van der Waals surface area contributed by atoms with Gasteiger partial charge in [0.15, 0.2) is 6.29 Å². The van der Waals surface area contributed by atoms with Crippen LogP contribution in [0.4, 0.5) is 0 Å². The third-order valence-electron chi connectivity index (χ3n) is 9.53. The minimum atomic E-state index is -1.54. The van der Waals surface area contributed by atoms with Gasteiger partial charge in [0.05, 0.1) is 19.8 Å². The molecule has 6 atom stereocenters. The number of rotatable bonds is 35. The fraction of sp³-hybridized carbons (Fsp3) is 0.837. The topological polar surface area (TPSA) is 135 Å². The van der Waals surface area contributed by atoms with Crippen LogP contribution in [0, 0.1) is 0 Å². The minimum Gasteiger partial charge on any atom is -0.457 e. The molecule has 1 saturated heterocycles. The summed E-state index contributed by atoms with van der Waals surface area (Å²) in [5.41, 5.74) is 0. The second kappa shape index (κ2) is 35.1. The van der Waals surface area contributed by atoms with Gasteiger partial charge in [-0.3, -0.25) is 4.79 Å². The zero-order valence-corrected chi connectivity index (χ0v) is 33.1. The van der Waals surface area contributed by atoms with Gasteiger partial charge in [0.1, 0.15) is 30.5 Å². The van der Waals surface area contributed by atoms with E-state index in [1.807, 2.05) is 0 Å². The summed E-state index contributed by atoms with van der Waals surface area (Å²) in [7, 11) is 0. The second-order valence-electron chi connectivity index (χ2n) is 14.4. The van der Waals surface area contributed by atoms with Crippen LogP contribution in [-0.2, 0) is 23.7 Å². The van der Waals surface area contributed by atoms with Crippen molar-refractivity contribution in [2.24, 2.45) is 0 Å². The van der Waals surface area contributed by atoms with E-state index in [-0.39, 0.29) is 19.2 Å². The molecule has 9 nitrogen and oxygen atoms in total. The summed E-state index contributed by atoms with van der Waals surface area (Å²) in [6.07, 6.45) is 33.1. The van der Waals surface area contributed by atoms with Crippen molar-refractivity contribution in [2.45, 2.75) is 205 Å². The molecule has 304 valence electrons. The predicted molar refractivity (Wildman–Crippen MR) is 210 cm³/mol. The van der Waals surface area contributed by atoms with Crippen molar-refractivity contribution in [3.63, 3.8) is 0 Å². The molecule has 0 spiro atoms. The molecule has 52 heavy (non-hydrogen) atoms. The van der Waals surface area contributed by atoms with E-state index in [4.69, 9.17) is 18.9 Å². The highest BCUT2D eigenvalue weighted by molar-refractivity contribution is 5.69. The van der Waals surface area contributed by atoms with Gasteiger partial charge in [0.2, 0.25) is 0 Å². The SMILES string of the molecule is CCCCC/C=C\CCCCCCCC(=O)OC(COCCCCCCCC/C=C\C/C=C\CCCCCC)COC1OC(CO)C(O)C(O)C1O. The number of hydrogen-bond acceptors (Lipinski definition) is 9. The molecule has 1 heterocycles. The van der Waals surface area contributed by atoms with Crippen LogP contribution >= 0.6 is 0 Å². The van der Waals surface area contributed by atoms with E-state index in [0.717, 1.165) is 64.2 Å². The first-order valence-electron chi connectivity index (χ1n) is 21.1. The summed E-state index contributed by atoms with van der Waals surface area (Å²) in [5, 5.41) is 40.0. The normalized spacial score (nSPS) is 21.5. The molecule has 0 aromatic carbocycles. The number of carbonyl (C=O) groups excluding carboxylic acids is 1. The summed E-state index contributed by atoms with van der Waals surface area (Å²) < 4.78 is 22.7. The number of allylic oxidation sites excluding steroid dienone is 6. The zero-order chi connectivity index (χ0) is 37.9. The lowest BCUT2D eigenvalue weighted by Gasteiger charge is -2.39. The minimum absolute atomic E-state index is 0.121. The Morgan fingerprint density at radius 1 is 0.615 bits per heavy atom. The molecular weight excluding hydrogens is 660 g/mol. The molecule has 1 rings (SSSR count). The number of aliphatic hydroxyl groups excluding tert-OH is 4. The molecule has 0 aliphatic carbocycles. The van der Waals surface area contributed by atoms with E-state index in [0.29, 0.717) is 13.0 Å². The molecule has 0 bridgehead atoms. The van der Waals surface area contributed by atoms with Crippen molar-refractivity contribution in [1.29, 1.82) is 0 Å². The van der Waals surface area contributed by atoms with E-state index < -0.39 is 43.4 Å². The first-order valence-corrected chi connectivity index (χ1v) is 21.1. The maximum atomic E-state index is 12.7. The standard InChI is InChI=1S/C43H78O9/c1-3-5-7-9-11-13-15-17-18-19-20-21-23-25-27-29-31-33-49-35-37(36-50-43-42(48)41(47)40(46)38(34-44)52-43)51-39(45)32-30-28-26-24-22-16-14-12-10-8-6-4-2/h12-15,18-19,37-38,40-44,46-48H,3-11,16-17,20-36H2,1-2H3/b14-12-,15-13-,19-18-. The summed E-state index contributed by atoms with van der Waals surface area (Å²) >= 11 is 0. The van der Waals surface area contributed by atoms with Crippen molar-refractivity contribution >= 4 is 5.97 Å². The number of ether oxygens (including phenoxy) is 4. The van der Waals surface area contributed by atoms with Gasteiger partial charge in [-0.05, 0) is 70.6 Å². The van der Waals surface area contributed by atoms with Crippen molar-refractivity contribution in [3.05, 3.63) is 36.5 Å². The summed E-state index contributed by atoms with van der Waals surface area (Å²) in [6.45, 7) is 4.47. The summed E-state index contributed by atoms with van der Waals surface area (Å²) in [6, 6.07) is 0. The summed E-state index contributed by atoms with van der Waals surface area (Å²) in [5.74, 6) is -0.329. The van der Waals surface area contributed by atoms with E-state index in [1.165, 1.54) is 83.5 Å². The first kappa shape index (κ1) is 48.4. The monoisotopic (exact) mass is 739 g/mol. The lowest BCUT2D eigenvalue weighted by atomic mass is 9.99. The third kappa shape index (κ3) is 26.2. The van der Waals surface area contributed by atoms with Crippen LogP contribution in [0.1, 0.15) is 168 Å². The van der Waals surface area contributed by atoms with Gasteiger partial charge in [-0.2, -0.15) is 0 Å². The maximum Gasteiger partial charge on any atom is 0.306 e. The average Bonchev–Trinajstić information content (AvgIpc) is 3.14. The zero-order valence-electron chi connectivity index (χ0n) is 33.1. The molecule has 9 heteroatoms. The van der Waals surface area contributed by atoms with Crippen molar-refractivity contribution in [2.75, 3.05) is 26.4 Å². The fourth-order valence-electron chi connectivity index (χ4n) is 6.16. The lowest BCUT2D eigenvalue weighted by Crippen LogP contribution is -2.59. The lowest BCUT2D eigenvalue weighted by molar-refractivity contribution is -0.305. The average molecular weight is 739 g/mol. The van der Waals surface area contributed by atoms with Crippen LogP contribution in [0.3, 0.4) is 0 Å². The Balaban J connectivity index is 2.30. The maximum absolute atomic E-state index is 12.7. The molecule has 1 fully saturated rings. The molecular formula is C43H78O9. The molecule has 0 amide bonds. The molecule has 1 aliphatic rings. The number of esters is 1. The van der Waals surface area contributed by atoms with Gasteiger partial charge < -0.3 is 39.4 Å². The molecule has 4 N–H and O–H groups in total. The van der Waals surface area contributed by atoms with Crippen molar-refractivity contribution in [1.82, 2.24) is 0 Å². The predicted octanol–water partition coefficient (Wildman–Crippen LogP) is 8.80. The van der Waals surface area contributed by atoms with Crippen LogP contribution < -0.4 is 0 Å². The fourth-order valence-corrected chi connectivity index (χ4v) is 6.16. The second-order valence-corrected chi connectivity index (χ2v) is 14.4. The number of carbonyl (C=O) groups is 1. The van der Waals surface area contributed by atoms with Crippen LogP contribution in [0.5, 0.6) is 0 Å². The number of hydrogen-bond donors (Lipinski definition) is 4. The highest BCUT2D eigenvalue weighted by atomic mass is 16.7. The quantitative estimate of drug-likeness (QED) is 0.0286. The van der Waals surface area contributed by atoms with Crippen molar-refractivity contribution in [3.8, 4) is 0 Å². The van der Waals surface area contributed by atoms with Crippen LogP contribution in [-0.4, -0.2) is 89.6 Å². The van der Waals surface area contributed by atoms with Gasteiger partial charge in [0.25, 0.3) is 0 Å². The molecule has 1 aliphatic heterocycles. The van der Waals surface area contributed by atoms with Crippen LogP contribution in [0.2, 0.25) is 0 Å². The third-order valence-corrected chi connectivity index (χ3v) is 9.53. The number of aliphatic hydroxyl groups is 4. The Morgan fingerprint density at radius 3 is 1.71 bits per heavy atom. The Kier molecular flexibility index (Phi) is 32.7. The highest BCUT2D eigenvalue weighted by Gasteiger charge is 2.44. The Hall–Kier alpha value is -1.59. The van der Waals surface area contributed by atoms with Crippen LogP contribution in [0.15, 0.2) is 36.5 Å². The molecule has 0 radical (unpaired) electrons. The van der Waals surface area contributed by atoms with Gasteiger partial charge in [-0.25, -0.2) is 0 Å². The molecule has 0 aromatic heterocycles. The Labute approximate surface area is 317 Å². The molecule has 6 unspecified atom stereocenters. The Bertz CT molecular complexity index is 890. The molecule has 0 saturated carbocycles. The van der Waals surface area contributed by atoms with E-state index in [1.54, 1.807) is 0 Å². The van der Waals surface area contributed by atoms with Gasteiger partial charge >= 0.3 is 5.97 Å². The van der Waals surface area contributed by atoms with E-state index in [2.05, 4.69) is 50.3 Å². The number of unbranched alkanes of at least 4 members (excludes halogenated alkanes) is 18. The van der Waals surface area contributed by atoms with E-state index >= 15 is 0 Å². The highest BCUT2D eigenvalue weighted by Crippen LogP contribution is 2.22. The largest absolute Gasteiger partial charge is 0.457 e. The van der Waals surface area contributed by atoms with E-state index in [9.17, 15) is 25.2 Å². The summed E-state index contributed by atoms with van der Waals surface area (Å²) in [4.78, 5) is 12.7. The Morgan fingerprint density at radius 2 is 1.12 bits per heavy atom. The van der Waals surface area contributed by atoms with Gasteiger partial charge in [-0.15, -0.1) is 0 Å².